The van der Waals surface area contributed by atoms with Gasteiger partial charge >= 0.3 is 0 Å². The zero-order valence-electron chi connectivity index (χ0n) is 8.01. The molecule has 0 bridgehead atoms. The number of ketones is 1. The lowest BCUT2D eigenvalue weighted by Crippen LogP contribution is -1.99. The Labute approximate surface area is 109 Å². The van der Waals surface area contributed by atoms with Crippen molar-refractivity contribution in [2.24, 2.45) is 0 Å². The minimum absolute atomic E-state index is 0.0914. The number of halogens is 2. The van der Waals surface area contributed by atoms with Gasteiger partial charge in [-0.25, -0.2) is 0 Å². The summed E-state index contributed by atoms with van der Waals surface area (Å²) >= 11 is 5.36. The quantitative estimate of drug-likeness (QED) is 0.450. The first kappa shape index (κ1) is 11.1. The summed E-state index contributed by atoms with van der Waals surface area (Å²) in [7, 11) is 0. The van der Waals surface area contributed by atoms with Crippen LogP contribution in [0.15, 0.2) is 22.6 Å². The fourth-order valence-corrected chi connectivity index (χ4v) is 2.56. The number of hydrogen-bond acceptors (Lipinski definition) is 2. The predicted molar refractivity (Wildman–Crippen MR) is 71.8 cm³/mol. The molecule has 0 atom stereocenters. The van der Waals surface area contributed by atoms with E-state index in [1.165, 1.54) is 0 Å². The van der Waals surface area contributed by atoms with Gasteiger partial charge in [-0.1, -0.05) is 15.9 Å². The number of benzene rings is 1. The molecule has 0 aliphatic heterocycles. The van der Waals surface area contributed by atoms with Crippen molar-refractivity contribution in [2.45, 2.75) is 6.92 Å². The number of fused-ring (bicyclic) bond motifs is 1. The van der Waals surface area contributed by atoms with Gasteiger partial charge in [-0.2, -0.15) is 0 Å². The van der Waals surface area contributed by atoms with Crippen molar-refractivity contribution < 1.29 is 9.21 Å². The van der Waals surface area contributed by atoms with E-state index in [2.05, 4.69) is 38.5 Å². The summed E-state index contributed by atoms with van der Waals surface area (Å²) in [6.07, 6.45) is 0. The summed E-state index contributed by atoms with van der Waals surface area (Å²) in [5.74, 6) is 0.958. The van der Waals surface area contributed by atoms with Crippen molar-refractivity contribution in [3.63, 3.8) is 0 Å². The van der Waals surface area contributed by atoms with Crippen molar-refractivity contribution >= 4 is 55.3 Å². The van der Waals surface area contributed by atoms with Crippen molar-refractivity contribution in [1.29, 1.82) is 0 Å². The van der Waals surface area contributed by atoms with Crippen LogP contribution in [0.5, 0.6) is 0 Å². The highest BCUT2D eigenvalue weighted by Gasteiger charge is 2.10. The van der Waals surface area contributed by atoms with Crippen LogP contribution in [0.25, 0.3) is 11.0 Å². The molecule has 0 spiro atoms. The van der Waals surface area contributed by atoms with Gasteiger partial charge in [0.1, 0.15) is 11.3 Å². The molecule has 0 saturated carbocycles. The van der Waals surface area contributed by atoms with Gasteiger partial charge in [0, 0.05) is 10.9 Å². The van der Waals surface area contributed by atoms with Crippen LogP contribution in [0.3, 0.4) is 0 Å². The molecule has 2 rings (SSSR count). The fourth-order valence-electron chi connectivity index (χ4n) is 1.48. The molecule has 2 nitrogen and oxygen atoms in total. The largest absolute Gasteiger partial charge is 0.460 e. The molecule has 1 aromatic heterocycles. The molecule has 0 N–H and O–H groups in total. The first-order valence-corrected chi connectivity index (χ1v) is 6.60. The van der Waals surface area contributed by atoms with E-state index in [0.717, 1.165) is 25.9 Å². The highest BCUT2D eigenvalue weighted by Crippen LogP contribution is 2.26. The Morgan fingerprint density at radius 2 is 2.20 bits per heavy atom. The van der Waals surface area contributed by atoms with Crippen LogP contribution in [0, 0.1) is 10.5 Å². The maximum absolute atomic E-state index is 11.5. The van der Waals surface area contributed by atoms with Crippen molar-refractivity contribution in [2.75, 3.05) is 5.33 Å². The molecule has 0 aliphatic rings. The summed E-state index contributed by atoms with van der Waals surface area (Å²) in [6, 6.07) is 5.68. The Bertz CT molecular complexity index is 531. The normalized spacial score (nSPS) is 10.9. The van der Waals surface area contributed by atoms with Gasteiger partial charge in [0.05, 0.1) is 8.90 Å². The maximum Gasteiger partial charge on any atom is 0.173 e. The van der Waals surface area contributed by atoms with E-state index in [9.17, 15) is 4.79 Å². The minimum atomic E-state index is 0.0914. The maximum atomic E-state index is 11.5. The van der Waals surface area contributed by atoms with E-state index < -0.39 is 0 Å². The smallest absolute Gasteiger partial charge is 0.173 e. The lowest BCUT2D eigenvalue weighted by Gasteiger charge is -1.99. The van der Waals surface area contributed by atoms with Gasteiger partial charge in [0.2, 0.25) is 0 Å². The second kappa shape index (κ2) is 4.25. The third kappa shape index (κ3) is 2.10. The van der Waals surface area contributed by atoms with E-state index in [1.807, 2.05) is 25.1 Å². The molecule has 1 aromatic carbocycles. The zero-order chi connectivity index (χ0) is 11.0. The average Bonchev–Trinajstić information content (AvgIpc) is 2.58. The summed E-state index contributed by atoms with van der Waals surface area (Å²) in [6.45, 7) is 1.90. The second-order valence-electron chi connectivity index (χ2n) is 3.29. The van der Waals surface area contributed by atoms with Crippen LogP contribution >= 0.6 is 38.5 Å². The predicted octanol–water partition coefficient (Wildman–Crippen LogP) is 3.92. The van der Waals surface area contributed by atoms with Crippen molar-refractivity contribution in [3.05, 3.63) is 33.1 Å². The van der Waals surface area contributed by atoms with Crippen LogP contribution < -0.4 is 0 Å². The molecule has 0 unspecified atom stereocenters. The third-order valence-electron chi connectivity index (χ3n) is 2.14. The van der Waals surface area contributed by atoms with Crippen LogP contribution in [0.4, 0.5) is 0 Å². The van der Waals surface area contributed by atoms with Crippen LogP contribution in [-0.2, 0) is 0 Å². The number of hydrogen-bond donors (Lipinski definition) is 0. The second-order valence-corrected chi connectivity index (χ2v) is 5.01. The van der Waals surface area contributed by atoms with Gasteiger partial charge in [0.25, 0.3) is 0 Å². The topological polar surface area (TPSA) is 30.2 Å². The van der Waals surface area contributed by atoms with E-state index >= 15 is 0 Å². The fraction of sp³-hybridized carbons (Fsp3) is 0.182. The summed E-state index contributed by atoms with van der Waals surface area (Å²) in [4.78, 5) is 11.5. The molecule has 1 heterocycles. The number of carbonyl (C=O) groups excluding carboxylic acids is 1. The van der Waals surface area contributed by atoms with Gasteiger partial charge in [0.15, 0.2) is 5.78 Å². The van der Waals surface area contributed by atoms with E-state index in [-0.39, 0.29) is 5.78 Å². The Morgan fingerprint density at radius 3 is 2.87 bits per heavy atom. The van der Waals surface area contributed by atoms with E-state index in [0.29, 0.717) is 5.33 Å². The highest BCUT2D eigenvalue weighted by molar-refractivity contribution is 14.1. The number of alkyl halides is 1. The van der Waals surface area contributed by atoms with Crippen LogP contribution in [0.2, 0.25) is 0 Å². The Balaban J connectivity index is 2.66. The van der Waals surface area contributed by atoms with Crippen molar-refractivity contribution in [1.82, 2.24) is 0 Å². The number of Topliss-reactive ketones (excluding diaryl/α,β-unsaturated/α-hetero) is 1. The lowest BCUT2D eigenvalue weighted by molar-refractivity contribution is 0.102. The molecular formula is C11H8BrIO2. The van der Waals surface area contributed by atoms with Crippen molar-refractivity contribution in [3.8, 4) is 0 Å². The van der Waals surface area contributed by atoms with E-state index in [1.54, 1.807) is 0 Å². The first-order valence-electron chi connectivity index (χ1n) is 4.40. The molecule has 2 aromatic rings. The summed E-state index contributed by atoms with van der Waals surface area (Å²) in [5.41, 5.74) is 1.59. The molecule has 15 heavy (non-hydrogen) atoms. The summed E-state index contributed by atoms with van der Waals surface area (Å²) < 4.78 is 6.51. The molecule has 78 valence electrons. The zero-order valence-corrected chi connectivity index (χ0v) is 11.8. The highest BCUT2D eigenvalue weighted by atomic mass is 127. The molecule has 0 aliphatic carbocycles. The number of carbonyl (C=O) groups is 1. The molecule has 0 fully saturated rings. The van der Waals surface area contributed by atoms with E-state index in [4.69, 9.17) is 4.42 Å². The molecule has 0 amide bonds. The van der Waals surface area contributed by atoms with Gasteiger partial charge < -0.3 is 4.42 Å². The van der Waals surface area contributed by atoms with Gasteiger partial charge in [-0.15, -0.1) is 0 Å². The third-order valence-corrected chi connectivity index (χ3v) is 3.45. The number of aryl methyl sites for hydroxylation is 1. The lowest BCUT2D eigenvalue weighted by atomic mass is 10.1. The standard InChI is InChI=1S/C11H8BrIO2/c1-6-2-8-3-7(10(14)5-12)4-9(13)11(8)15-6/h2-4H,5H2,1H3. The minimum Gasteiger partial charge on any atom is -0.460 e. The van der Waals surface area contributed by atoms with Crippen LogP contribution in [0.1, 0.15) is 16.1 Å². The molecular weight excluding hydrogens is 371 g/mol. The monoisotopic (exact) mass is 378 g/mol. The summed E-state index contributed by atoms with van der Waals surface area (Å²) in [5, 5.41) is 1.34. The van der Waals surface area contributed by atoms with Gasteiger partial charge in [-0.05, 0) is 47.7 Å². The SMILES string of the molecule is Cc1cc2cc(C(=O)CBr)cc(I)c2o1. The Kier molecular flexibility index (Phi) is 3.16. The number of rotatable bonds is 2. The van der Waals surface area contributed by atoms with Gasteiger partial charge in [-0.3, -0.25) is 4.79 Å². The molecule has 0 saturated heterocycles. The molecule has 0 radical (unpaired) electrons. The van der Waals surface area contributed by atoms with Crippen LogP contribution in [-0.4, -0.2) is 11.1 Å². The average molecular weight is 379 g/mol. The molecule has 4 heteroatoms. The Morgan fingerprint density at radius 1 is 1.47 bits per heavy atom. The Hall–Kier alpha value is -0.360. The first-order chi connectivity index (χ1) is 7.11. The number of furan rings is 1.